The summed E-state index contributed by atoms with van der Waals surface area (Å²) in [6, 6.07) is 0.530. The third-order valence-corrected chi connectivity index (χ3v) is 10.9. The number of aliphatic hydroxyl groups excluding tert-OH is 1. The normalized spacial score (nSPS) is 50.0. The van der Waals surface area contributed by atoms with E-state index in [1.165, 1.54) is 38.5 Å². The summed E-state index contributed by atoms with van der Waals surface area (Å²) < 4.78 is 7.03. The van der Waals surface area contributed by atoms with E-state index < -0.39 is 0 Å². The molecule has 0 aromatic heterocycles. The Morgan fingerprint density at radius 3 is 2.70 bits per heavy atom. The van der Waals surface area contributed by atoms with E-state index in [9.17, 15) is 5.11 Å². The van der Waals surface area contributed by atoms with Crippen molar-refractivity contribution in [1.29, 1.82) is 0 Å². The summed E-state index contributed by atoms with van der Waals surface area (Å²) in [7, 11) is 0. The summed E-state index contributed by atoms with van der Waals surface area (Å²) >= 11 is 0. The van der Waals surface area contributed by atoms with Crippen LogP contribution in [0.4, 0.5) is 4.70 Å². The summed E-state index contributed by atoms with van der Waals surface area (Å²) in [6.45, 7) is 10.9. The molecule has 2 saturated heterocycles. The quantitative estimate of drug-likeness (QED) is 0.362. The Morgan fingerprint density at radius 1 is 1.18 bits per heavy atom. The van der Waals surface area contributed by atoms with Crippen LogP contribution in [0.2, 0.25) is 0 Å². The van der Waals surface area contributed by atoms with E-state index in [2.05, 4.69) is 39.1 Å². The van der Waals surface area contributed by atoms with Crippen molar-refractivity contribution in [2.24, 2.45) is 35.0 Å². The molecule has 6 rings (SSSR count). The number of hydrogen-bond donors (Lipinski definition) is 2. The SMILES string of the molecule is C.CC1=C2C[C@H]3[C@@H](CC=C4C[C@@H](O)CC[C@@]43C)[C@@H]2CC[C@]12O[C@@H]1C[C@H](C)CN[C@H]1[C@H]2C.F.[2HH].[B]. The van der Waals surface area contributed by atoms with Crippen molar-refractivity contribution >= 4 is 8.41 Å². The molecule has 3 nitrogen and oxygen atoms in total. The van der Waals surface area contributed by atoms with E-state index in [0.29, 0.717) is 23.5 Å². The Bertz CT molecular complexity index is 820. The van der Waals surface area contributed by atoms with Crippen LogP contribution in [0, 0.1) is 35.0 Å². The molecule has 2 N–H and O–H groups in total. The summed E-state index contributed by atoms with van der Waals surface area (Å²) in [4.78, 5) is 0. The molecular formula is C28H48BFNO2. The monoisotopic (exact) mass is 461 g/mol. The van der Waals surface area contributed by atoms with Crippen molar-refractivity contribution in [2.75, 3.05) is 6.54 Å². The molecule has 5 heteroatoms. The molecule has 0 aromatic carbocycles. The Morgan fingerprint density at radius 2 is 1.94 bits per heavy atom. The van der Waals surface area contributed by atoms with Gasteiger partial charge in [-0.1, -0.05) is 45.4 Å². The predicted molar refractivity (Wildman–Crippen MR) is 137 cm³/mol. The van der Waals surface area contributed by atoms with Gasteiger partial charge in [0, 0.05) is 21.8 Å². The van der Waals surface area contributed by atoms with E-state index in [1.54, 1.807) is 16.7 Å². The molecule has 0 amide bonds. The summed E-state index contributed by atoms with van der Waals surface area (Å²) in [5.41, 5.74) is 5.25. The molecule has 10 atom stereocenters. The van der Waals surface area contributed by atoms with Gasteiger partial charge in [-0.05, 0) is 99.5 Å². The van der Waals surface area contributed by atoms with Gasteiger partial charge in [-0.25, -0.2) is 0 Å². The highest BCUT2D eigenvalue weighted by Gasteiger charge is 2.60. The molecular weight excluding hydrogens is 412 g/mol. The second kappa shape index (κ2) is 9.10. The van der Waals surface area contributed by atoms with Crippen molar-refractivity contribution in [3.8, 4) is 0 Å². The van der Waals surface area contributed by atoms with Crippen molar-refractivity contribution < 1.29 is 16.0 Å². The maximum Gasteiger partial charge on any atom is 0.0937 e. The van der Waals surface area contributed by atoms with Gasteiger partial charge in [0.15, 0.2) is 0 Å². The number of fused-ring (bicyclic) bond motifs is 6. The average molecular weight is 462 g/mol. The molecule has 2 saturated carbocycles. The lowest BCUT2D eigenvalue weighted by Crippen LogP contribution is -2.49. The van der Waals surface area contributed by atoms with Crippen LogP contribution in [0.5, 0.6) is 0 Å². The first kappa shape index (κ1) is 27.0. The lowest BCUT2D eigenvalue weighted by atomic mass is 9.56. The Labute approximate surface area is 204 Å². The lowest BCUT2D eigenvalue weighted by molar-refractivity contribution is -0.0549. The zero-order chi connectivity index (χ0) is 20.8. The van der Waals surface area contributed by atoms with Gasteiger partial charge in [0.25, 0.3) is 0 Å². The van der Waals surface area contributed by atoms with Crippen LogP contribution in [-0.2, 0) is 4.74 Å². The average Bonchev–Trinajstić information content (AvgIpc) is 3.23. The highest BCUT2D eigenvalue weighted by atomic mass is 19.0. The van der Waals surface area contributed by atoms with Crippen molar-refractivity contribution in [1.82, 2.24) is 5.32 Å². The standard InChI is InChI=1S/C27H41NO2.CH4.B.FH.H2/c1-15-11-24-25(28-14-15)17(3)27(30-24)10-8-20-21-6-5-18-12-19(29)7-9-26(18,4)23(21)13-22(20)16(27)2;;;;/h5,15,17,19-21,23-25,28-29H,6-14H2,1-4H3;1H4;;2*1H/t15-,17+,19-,20-,21-,23-,24+,25-,26-,27-;;;;/m0..../s1/i;;;;1+1. The van der Waals surface area contributed by atoms with Crippen LogP contribution in [-0.4, -0.2) is 43.9 Å². The molecule has 2 heterocycles. The number of nitrogens with one attached hydrogen (secondary N) is 1. The van der Waals surface area contributed by atoms with E-state index in [1.807, 2.05) is 0 Å². The van der Waals surface area contributed by atoms with Crippen LogP contribution in [0.1, 0.15) is 87.9 Å². The second-order valence-corrected chi connectivity index (χ2v) is 12.2. The molecule has 187 valence electrons. The third-order valence-electron chi connectivity index (χ3n) is 10.9. The maximum absolute atomic E-state index is 10.3. The van der Waals surface area contributed by atoms with Crippen LogP contribution < -0.4 is 5.32 Å². The highest BCUT2D eigenvalue weighted by Crippen LogP contribution is 2.65. The summed E-state index contributed by atoms with van der Waals surface area (Å²) in [5, 5.41) is 14.1. The molecule has 33 heavy (non-hydrogen) atoms. The smallest absolute Gasteiger partial charge is 0.0937 e. The Kier molecular flexibility index (Phi) is 7.43. The fraction of sp³-hybridized carbons (Fsp3) is 0.857. The van der Waals surface area contributed by atoms with Crippen LogP contribution in [0.15, 0.2) is 22.8 Å². The second-order valence-electron chi connectivity index (χ2n) is 12.2. The van der Waals surface area contributed by atoms with Gasteiger partial charge in [-0.15, -0.1) is 0 Å². The molecule has 0 unspecified atom stereocenters. The first-order valence-electron chi connectivity index (χ1n) is 12.8. The number of hydrogen-bond acceptors (Lipinski definition) is 3. The van der Waals surface area contributed by atoms with Crippen LogP contribution >= 0.6 is 0 Å². The topological polar surface area (TPSA) is 41.5 Å². The lowest BCUT2D eigenvalue weighted by Gasteiger charge is -2.49. The van der Waals surface area contributed by atoms with Gasteiger partial charge in [-0.2, -0.15) is 0 Å². The molecule has 2 aliphatic heterocycles. The number of aliphatic hydroxyl groups is 1. The largest absolute Gasteiger partial charge is 0.393 e. The third kappa shape index (κ3) is 3.62. The maximum atomic E-state index is 10.3. The molecule has 0 aromatic rings. The minimum Gasteiger partial charge on any atom is -0.393 e. The molecule has 4 aliphatic carbocycles. The Hall–Kier alpha value is -0.645. The van der Waals surface area contributed by atoms with E-state index >= 15 is 0 Å². The van der Waals surface area contributed by atoms with Gasteiger partial charge < -0.3 is 15.2 Å². The number of ether oxygens (including phenoxy) is 1. The summed E-state index contributed by atoms with van der Waals surface area (Å²) in [5.74, 6) is 3.64. The van der Waals surface area contributed by atoms with Gasteiger partial charge in [0.05, 0.1) is 17.8 Å². The highest BCUT2D eigenvalue weighted by molar-refractivity contribution is 5.75. The predicted octanol–water partition coefficient (Wildman–Crippen LogP) is 5.66. The zero-order valence-electron chi connectivity index (χ0n) is 20.4. The number of piperidine rings is 1. The minimum atomic E-state index is -0.111. The van der Waals surface area contributed by atoms with Gasteiger partial charge in [0.1, 0.15) is 0 Å². The van der Waals surface area contributed by atoms with Crippen LogP contribution in [0.3, 0.4) is 0 Å². The fourth-order valence-electron chi connectivity index (χ4n) is 9.09. The molecule has 0 bridgehead atoms. The molecule has 3 radical (unpaired) electrons. The van der Waals surface area contributed by atoms with E-state index in [4.69, 9.17) is 4.74 Å². The summed E-state index contributed by atoms with van der Waals surface area (Å²) in [6.07, 6.45) is 12.2. The number of allylic oxidation sites excluding steroid dienone is 2. The fourth-order valence-corrected chi connectivity index (χ4v) is 9.09. The first-order chi connectivity index (χ1) is 14.3. The van der Waals surface area contributed by atoms with Crippen molar-refractivity contribution in [3.05, 3.63) is 22.8 Å². The Balaban J connectivity index is 0.00000102. The first-order valence-corrected chi connectivity index (χ1v) is 12.8. The molecule has 1 spiro atoms. The van der Waals surface area contributed by atoms with Gasteiger partial charge in [-0.3, -0.25) is 4.70 Å². The van der Waals surface area contributed by atoms with Gasteiger partial charge in [0.2, 0.25) is 0 Å². The van der Waals surface area contributed by atoms with E-state index in [0.717, 1.165) is 43.1 Å². The molecule has 4 fully saturated rings. The minimum absolute atomic E-state index is 0. The van der Waals surface area contributed by atoms with Crippen molar-refractivity contribution in [2.45, 2.75) is 110 Å². The molecule has 6 aliphatic rings. The zero-order valence-corrected chi connectivity index (χ0v) is 20.4. The van der Waals surface area contributed by atoms with Crippen LogP contribution in [0.25, 0.3) is 0 Å². The van der Waals surface area contributed by atoms with Gasteiger partial charge >= 0.3 is 0 Å². The number of rotatable bonds is 0. The van der Waals surface area contributed by atoms with E-state index in [-0.39, 0.29) is 33.7 Å². The number of halogens is 1. The van der Waals surface area contributed by atoms with Crippen molar-refractivity contribution in [3.63, 3.8) is 0 Å².